The van der Waals surface area contributed by atoms with E-state index in [1.54, 1.807) is 24.2 Å². The number of anilines is 1. The van der Waals surface area contributed by atoms with E-state index >= 15 is 0 Å². The fourth-order valence-corrected chi connectivity index (χ4v) is 1.64. The first kappa shape index (κ1) is 15.0. The number of aryl methyl sites for hydroxylation is 1. The smallest absolute Gasteiger partial charge is 0.239 e. The van der Waals surface area contributed by atoms with E-state index in [2.05, 4.69) is 16.4 Å². The molecule has 0 saturated heterocycles. The lowest BCUT2D eigenvalue weighted by Gasteiger charge is -2.19. The third-order valence-electron chi connectivity index (χ3n) is 2.70. The first-order valence-electron chi connectivity index (χ1n) is 6.29. The number of aromatic nitrogens is 1. The largest absolute Gasteiger partial charge is 0.354 e. The molecule has 19 heavy (non-hydrogen) atoms. The van der Waals surface area contributed by atoms with E-state index in [1.807, 2.05) is 20.8 Å². The van der Waals surface area contributed by atoms with Gasteiger partial charge in [-0.15, -0.1) is 0 Å². The number of nitrogens with one attached hydrogen (secondary N) is 1. The van der Waals surface area contributed by atoms with Crippen molar-refractivity contribution in [2.24, 2.45) is 5.92 Å². The highest BCUT2D eigenvalue weighted by atomic mass is 16.2. The van der Waals surface area contributed by atoms with Crippen LogP contribution in [0.1, 0.15) is 25.0 Å². The number of carbonyl (C=O) groups is 1. The molecule has 5 nitrogen and oxygen atoms in total. The van der Waals surface area contributed by atoms with Crippen LogP contribution in [0.5, 0.6) is 0 Å². The molecule has 1 aromatic rings. The third kappa shape index (κ3) is 4.25. The molecule has 0 spiro atoms. The molecular weight excluding hydrogens is 240 g/mol. The number of pyridine rings is 1. The summed E-state index contributed by atoms with van der Waals surface area (Å²) in [7, 11) is 1.76. The number of likely N-dealkylation sites (N-methyl/N-ethyl adjacent to an activating group) is 1. The van der Waals surface area contributed by atoms with Gasteiger partial charge in [0, 0.05) is 19.8 Å². The summed E-state index contributed by atoms with van der Waals surface area (Å²) in [5.74, 6) is 0.895. The number of nitriles is 1. The van der Waals surface area contributed by atoms with Crippen LogP contribution >= 0.6 is 0 Å². The Morgan fingerprint density at radius 3 is 2.84 bits per heavy atom. The predicted octanol–water partition coefficient (Wildman–Crippen LogP) is 1.47. The van der Waals surface area contributed by atoms with E-state index in [0.29, 0.717) is 23.8 Å². The lowest BCUT2D eigenvalue weighted by molar-refractivity contribution is -0.119. The second-order valence-corrected chi connectivity index (χ2v) is 4.99. The van der Waals surface area contributed by atoms with Crippen LogP contribution in [-0.4, -0.2) is 31.0 Å². The van der Waals surface area contributed by atoms with Gasteiger partial charge in [-0.25, -0.2) is 4.98 Å². The zero-order valence-electron chi connectivity index (χ0n) is 11.9. The van der Waals surface area contributed by atoms with Gasteiger partial charge in [0.2, 0.25) is 5.91 Å². The van der Waals surface area contributed by atoms with Gasteiger partial charge in [0.25, 0.3) is 0 Å². The highest BCUT2D eigenvalue weighted by Gasteiger charge is 2.14. The zero-order valence-corrected chi connectivity index (χ0v) is 11.9. The molecule has 0 fully saturated rings. The van der Waals surface area contributed by atoms with Gasteiger partial charge in [0.15, 0.2) is 0 Å². The Morgan fingerprint density at radius 2 is 2.26 bits per heavy atom. The minimum absolute atomic E-state index is 0.0663. The first-order chi connectivity index (χ1) is 8.95. The normalized spacial score (nSPS) is 10.1. The SMILES string of the molecule is Cc1ccnc(N(C)CC(=O)NCC(C)C)c1C#N. The summed E-state index contributed by atoms with van der Waals surface area (Å²) >= 11 is 0. The zero-order chi connectivity index (χ0) is 14.4. The summed E-state index contributed by atoms with van der Waals surface area (Å²) in [5, 5.41) is 12.0. The molecule has 0 aliphatic heterocycles. The van der Waals surface area contributed by atoms with Gasteiger partial charge in [0.05, 0.1) is 12.1 Å². The lowest BCUT2D eigenvalue weighted by atomic mass is 10.1. The predicted molar refractivity (Wildman–Crippen MR) is 74.8 cm³/mol. The summed E-state index contributed by atoms with van der Waals surface area (Å²) in [5.41, 5.74) is 1.38. The number of amides is 1. The molecule has 0 aliphatic carbocycles. The minimum Gasteiger partial charge on any atom is -0.354 e. The molecule has 1 rings (SSSR count). The fourth-order valence-electron chi connectivity index (χ4n) is 1.64. The van der Waals surface area contributed by atoms with Crippen LogP contribution in [0.2, 0.25) is 0 Å². The van der Waals surface area contributed by atoms with Gasteiger partial charge in [-0.05, 0) is 24.5 Å². The quantitative estimate of drug-likeness (QED) is 0.870. The molecule has 0 aliphatic rings. The van der Waals surface area contributed by atoms with Crippen molar-refractivity contribution < 1.29 is 4.79 Å². The van der Waals surface area contributed by atoms with E-state index in [9.17, 15) is 4.79 Å². The Balaban J connectivity index is 2.74. The van der Waals surface area contributed by atoms with Crippen LogP contribution < -0.4 is 10.2 Å². The molecule has 1 amide bonds. The molecule has 0 radical (unpaired) electrons. The van der Waals surface area contributed by atoms with Crippen LogP contribution in [0.3, 0.4) is 0 Å². The van der Waals surface area contributed by atoms with Crippen molar-refractivity contribution in [3.8, 4) is 6.07 Å². The number of hydrogen-bond acceptors (Lipinski definition) is 4. The number of carbonyl (C=O) groups excluding carboxylic acids is 1. The molecule has 1 heterocycles. The van der Waals surface area contributed by atoms with Crippen LogP contribution in [-0.2, 0) is 4.79 Å². The van der Waals surface area contributed by atoms with Crippen molar-refractivity contribution in [2.75, 3.05) is 25.0 Å². The van der Waals surface area contributed by atoms with E-state index in [0.717, 1.165) is 5.56 Å². The summed E-state index contributed by atoms with van der Waals surface area (Å²) in [6, 6.07) is 3.92. The van der Waals surface area contributed by atoms with Crippen molar-refractivity contribution >= 4 is 11.7 Å². The monoisotopic (exact) mass is 260 g/mol. The Hall–Kier alpha value is -2.09. The molecule has 0 atom stereocenters. The number of hydrogen-bond donors (Lipinski definition) is 1. The topological polar surface area (TPSA) is 69.0 Å². The Labute approximate surface area is 114 Å². The summed E-state index contributed by atoms with van der Waals surface area (Å²) in [6.45, 7) is 6.78. The Morgan fingerprint density at radius 1 is 1.58 bits per heavy atom. The van der Waals surface area contributed by atoms with Crippen LogP contribution in [0, 0.1) is 24.2 Å². The maximum atomic E-state index is 11.8. The van der Waals surface area contributed by atoms with E-state index < -0.39 is 0 Å². The minimum atomic E-state index is -0.0663. The van der Waals surface area contributed by atoms with Crippen LogP contribution in [0.15, 0.2) is 12.3 Å². The first-order valence-corrected chi connectivity index (χ1v) is 6.29. The van der Waals surface area contributed by atoms with Crippen molar-refractivity contribution in [1.29, 1.82) is 5.26 Å². The molecule has 0 unspecified atom stereocenters. The summed E-state index contributed by atoms with van der Waals surface area (Å²) in [6.07, 6.45) is 1.65. The molecular formula is C14H20N4O. The van der Waals surface area contributed by atoms with Crippen molar-refractivity contribution in [2.45, 2.75) is 20.8 Å². The molecule has 1 aromatic heterocycles. The van der Waals surface area contributed by atoms with Gasteiger partial charge in [0.1, 0.15) is 11.9 Å². The van der Waals surface area contributed by atoms with Gasteiger partial charge in [-0.1, -0.05) is 13.8 Å². The van der Waals surface area contributed by atoms with Crippen molar-refractivity contribution in [1.82, 2.24) is 10.3 Å². The highest BCUT2D eigenvalue weighted by Crippen LogP contribution is 2.18. The van der Waals surface area contributed by atoms with E-state index in [4.69, 9.17) is 5.26 Å². The maximum Gasteiger partial charge on any atom is 0.239 e. The van der Waals surface area contributed by atoms with Gasteiger partial charge in [-0.2, -0.15) is 5.26 Å². The van der Waals surface area contributed by atoms with Gasteiger partial charge in [-0.3, -0.25) is 4.79 Å². The molecule has 0 aromatic carbocycles. The number of rotatable bonds is 5. The van der Waals surface area contributed by atoms with E-state index in [1.165, 1.54) is 0 Å². The fraction of sp³-hybridized carbons (Fsp3) is 0.500. The molecule has 0 saturated carbocycles. The standard InChI is InChI=1S/C14H20N4O/c1-10(2)8-17-13(19)9-18(4)14-12(7-15)11(3)5-6-16-14/h5-6,10H,8-9H2,1-4H3,(H,17,19). The van der Waals surface area contributed by atoms with Crippen molar-refractivity contribution in [3.63, 3.8) is 0 Å². The van der Waals surface area contributed by atoms with Crippen molar-refractivity contribution in [3.05, 3.63) is 23.4 Å². The highest BCUT2D eigenvalue weighted by molar-refractivity contribution is 5.81. The number of nitrogens with zero attached hydrogens (tertiary/aromatic N) is 3. The van der Waals surface area contributed by atoms with Crippen LogP contribution in [0.25, 0.3) is 0 Å². The summed E-state index contributed by atoms with van der Waals surface area (Å²) in [4.78, 5) is 17.6. The maximum absolute atomic E-state index is 11.8. The Kier molecular flexibility index (Phi) is 5.31. The lowest BCUT2D eigenvalue weighted by Crippen LogP contribution is -2.37. The third-order valence-corrected chi connectivity index (χ3v) is 2.70. The van der Waals surface area contributed by atoms with Crippen LogP contribution in [0.4, 0.5) is 5.82 Å². The van der Waals surface area contributed by atoms with E-state index in [-0.39, 0.29) is 12.5 Å². The average molecular weight is 260 g/mol. The average Bonchev–Trinajstić information content (AvgIpc) is 2.36. The van der Waals surface area contributed by atoms with Gasteiger partial charge >= 0.3 is 0 Å². The molecule has 5 heteroatoms. The second kappa shape index (κ2) is 6.74. The van der Waals surface area contributed by atoms with Gasteiger partial charge < -0.3 is 10.2 Å². The second-order valence-electron chi connectivity index (χ2n) is 4.99. The molecule has 0 bridgehead atoms. The molecule has 1 N–H and O–H groups in total. The molecule has 102 valence electrons. The summed E-state index contributed by atoms with van der Waals surface area (Å²) < 4.78 is 0. The Bertz CT molecular complexity index is 491.